The molecule has 17 heavy (non-hydrogen) atoms. The molecule has 0 unspecified atom stereocenters. The van der Waals surface area contributed by atoms with Crippen molar-refractivity contribution in [2.75, 3.05) is 19.3 Å². The predicted octanol–water partition coefficient (Wildman–Crippen LogP) is 2.70. The molecule has 1 aromatic rings. The lowest BCUT2D eigenvalue weighted by atomic mass is 10.1. The van der Waals surface area contributed by atoms with Gasteiger partial charge in [0.25, 0.3) is 5.91 Å². The zero-order valence-corrected chi connectivity index (χ0v) is 11.2. The molecule has 0 aliphatic heterocycles. The standard InChI is InChI=1S/C14H22N2O/c1-10(2)7-8-16(4)14(17)12-5-6-13(15)11(3)9-12/h5-6,9-10H,7-8,15H2,1-4H3. The number of nitrogen functional groups attached to an aromatic ring is 1. The number of nitrogens with two attached hydrogens (primary N) is 1. The summed E-state index contributed by atoms with van der Waals surface area (Å²) in [6.07, 6.45) is 1.02. The van der Waals surface area contributed by atoms with Crippen molar-refractivity contribution in [3.8, 4) is 0 Å². The smallest absolute Gasteiger partial charge is 0.253 e. The molecule has 3 nitrogen and oxygen atoms in total. The van der Waals surface area contributed by atoms with Crippen molar-refractivity contribution in [2.24, 2.45) is 5.92 Å². The van der Waals surface area contributed by atoms with Crippen molar-refractivity contribution in [3.63, 3.8) is 0 Å². The van der Waals surface area contributed by atoms with Gasteiger partial charge in [0.05, 0.1) is 0 Å². The van der Waals surface area contributed by atoms with Gasteiger partial charge in [-0.1, -0.05) is 13.8 Å². The van der Waals surface area contributed by atoms with E-state index in [1.165, 1.54) is 0 Å². The van der Waals surface area contributed by atoms with Crippen LogP contribution < -0.4 is 5.73 Å². The summed E-state index contributed by atoms with van der Waals surface area (Å²) in [7, 11) is 1.84. The largest absolute Gasteiger partial charge is 0.399 e. The van der Waals surface area contributed by atoms with Crippen LogP contribution in [-0.4, -0.2) is 24.4 Å². The molecule has 0 spiro atoms. The molecule has 0 saturated heterocycles. The van der Waals surface area contributed by atoms with Crippen LogP contribution in [0.15, 0.2) is 18.2 Å². The first-order valence-electron chi connectivity index (χ1n) is 6.03. The third-order valence-corrected chi connectivity index (χ3v) is 2.91. The number of carbonyl (C=O) groups is 1. The Kier molecular flexibility index (Phi) is 4.55. The summed E-state index contributed by atoms with van der Waals surface area (Å²) >= 11 is 0. The number of nitrogens with zero attached hydrogens (tertiary/aromatic N) is 1. The van der Waals surface area contributed by atoms with Gasteiger partial charge in [0.15, 0.2) is 0 Å². The van der Waals surface area contributed by atoms with E-state index in [1.807, 2.05) is 20.0 Å². The summed E-state index contributed by atoms with van der Waals surface area (Å²) in [5.41, 5.74) is 8.13. The molecule has 94 valence electrons. The zero-order chi connectivity index (χ0) is 13.0. The number of aryl methyl sites for hydroxylation is 1. The van der Waals surface area contributed by atoms with Gasteiger partial charge in [-0.3, -0.25) is 4.79 Å². The van der Waals surface area contributed by atoms with Gasteiger partial charge in [-0.2, -0.15) is 0 Å². The third-order valence-electron chi connectivity index (χ3n) is 2.91. The van der Waals surface area contributed by atoms with Crippen LogP contribution in [0.25, 0.3) is 0 Å². The molecule has 2 N–H and O–H groups in total. The highest BCUT2D eigenvalue weighted by atomic mass is 16.2. The summed E-state index contributed by atoms with van der Waals surface area (Å²) in [6, 6.07) is 5.43. The fourth-order valence-electron chi connectivity index (χ4n) is 1.58. The lowest BCUT2D eigenvalue weighted by Crippen LogP contribution is -2.28. The first-order chi connectivity index (χ1) is 7.91. The average molecular weight is 234 g/mol. The van der Waals surface area contributed by atoms with Crippen LogP contribution in [0.5, 0.6) is 0 Å². The minimum Gasteiger partial charge on any atom is -0.399 e. The van der Waals surface area contributed by atoms with Crippen molar-refractivity contribution < 1.29 is 4.79 Å². The maximum absolute atomic E-state index is 12.1. The topological polar surface area (TPSA) is 46.3 Å². The minimum atomic E-state index is 0.0637. The third kappa shape index (κ3) is 3.77. The number of amides is 1. The summed E-state index contributed by atoms with van der Waals surface area (Å²) < 4.78 is 0. The molecule has 0 aliphatic rings. The molecule has 0 saturated carbocycles. The van der Waals surface area contributed by atoms with Crippen LogP contribution in [0.3, 0.4) is 0 Å². The molecular formula is C14H22N2O. The highest BCUT2D eigenvalue weighted by molar-refractivity contribution is 5.94. The second-order valence-electron chi connectivity index (χ2n) is 4.98. The van der Waals surface area contributed by atoms with E-state index in [1.54, 1.807) is 17.0 Å². The first-order valence-corrected chi connectivity index (χ1v) is 6.03. The Balaban J connectivity index is 2.71. The van der Waals surface area contributed by atoms with Gasteiger partial charge in [0.1, 0.15) is 0 Å². The summed E-state index contributed by atoms with van der Waals surface area (Å²) in [5, 5.41) is 0. The molecule has 1 aromatic carbocycles. The summed E-state index contributed by atoms with van der Waals surface area (Å²) in [5.74, 6) is 0.673. The Morgan fingerprint density at radius 3 is 2.59 bits per heavy atom. The van der Waals surface area contributed by atoms with Crippen LogP contribution in [0, 0.1) is 12.8 Å². The van der Waals surface area contributed by atoms with Gasteiger partial charge in [0, 0.05) is 24.8 Å². The van der Waals surface area contributed by atoms with Gasteiger partial charge in [-0.05, 0) is 43.0 Å². The molecule has 0 heterocycles. The molecule has 1 amide bonds. The molecule has 0 bridgehead atoms. The molecule has 1 rings (SSSR count). The van der Waals surface area contributed by atoms with E-state index in [9.17, 15) is 4.79 Å². The van der Waals surface area contributed by atoms with Gasteiger partial charge in [-0.25, -0.2) is 0 Å². The minimum absolute atomic E-state index is 0.0637. The Bertz CT molecular complexity index is 399. The number of anilines is 1. The zero-order valence-electron chi connectivity index (χ0n) is 11.2. The molecule has 0 fully saturated rings. The van der Waals surface area contributed by atoms with E-state index in [0.29, 0.717) is 11.5 Å². The van der Waals surface area contributed by atoms with Crippen LogP contribution in [0.1, 0.15) is 36.2 Å². The maximum Gasteiger partial charge on any atom is 0.253 e. The van der Waals surface area contributed by atoms with E-state index >= 15 is 0 Å². The van der Waals surface area contributed by atoms with Crippen LogP contribution in [0.2, 0.25) is 0 Å². The van der Waals surface area contributed by atoms with Crippen molar-refractivity contribution in [1.29, 1.82) is 0 Å². The lowest BCUT2D eigenvalue weighted by molar-refractivity contribution is 0.0789. The molecule has 0 radical (unpaired) electrons. The molecule has 3 heteroatoms. The predicted molar refractivity (Wildman–Crippen MR) is 72.0 cm³/mol. The first kappa shape index (κ1) is 13.6. The summed E-state index contributed by atoms with van der Waals surface area (Å²) in [6.45, 7) is 7.03. The Morgan fingerprint density at radius 2 is 2.06 bits per heavy atom. The Hall–Kier alpha value is -1.51. The Labute approximate surface area is 104 Å². The van der Waals surface area contributed by atoms with Gasteiger partial charge in [0.2, 0.25) is 0 Å². The lowest BCUT2D eigenvalue weighted by Gasteiger charge is -2.18. The normalized spacial score (nSPS) is 10.6. The number of benzene rings is 1. The van der Waals surface area contributed by atoms with E-state index in [4.69, 9.17) is 5.73 Å². The maximum atomic E-state index is 12.1. The summed E-state index contributed by atoms with van der Waals surface area (Å²) in [4.78, 5) is 13.9. The van der Waals surface area contributed by atoms with Crippen LogP contribution in [-0.2, 0) is 0 Å². The van der Waals surface area contributed by atoms with Crippen molar-refractivity contribution in [3.05, 3.63) is 29.3 Å². The van der Waals surface area contributed by atoms with Crippen LogP contribution in [0.4, 0.5) is 5.69 Å². The molecule has 0 aromatic heterocycles. The van der Waals surface area contributed by atoms with Gasteiger partial charge in [-0.15, -0.1) is 0 Å². The van der Waals surface area contributed by atoms with Gasteiger partial charge >= 0.3 is 0 Å². The van der Waals surface area contributed by atoms with E-state index in [2.05, 4.69) is 13.8 Å². The Morgan fingerprint density at radius 1 is 1.41 bits per heavy atom. The second-order valence-corrected chi connectivity index (χ2v) is 4.98. The number of carbonyl (C=O) groups excluding carboxylic acids is 1. The van der Waals surface area contributed by atoms with E-state index in [0.717, 1.165) is 24.2 Å². The monoisotopic (exact) mass is 234 g/mol. The van der Waals surface area contributed by atoms with E-state index in [-0.39, 0.29) is 5.91 Å². The van der Waals surface area contributed by atoms with Gasteiger partial charge < -0.3 is 10.6 Å². The van der Waals surface area contributed by atoms with Crippen molar-refractivity contribution in [2.45, 2.75) is 27.2 Å². The highest BCUT2D eigenvalue weighted by Gasteiger charge is 2.12. The number of rotatable bonds is 4. The average Bonchev–Trinajstić information content (AvgIpc) is 2.28. The highest BCUT2D eigenvalue weighted by Crippen LogP contribution is 2.14. The molecule has 0 atom stereocenters. The molecular weight excluding hydrogens is 212 g/mol. The van der Waals surface area contributed by atoms with Crippen LogP contribution >= 0.6 is 0 Å². The van der Waals surface area contributed by atoms with E-state index < -0.39 is 0 Å². The quantitative estimate of drug-likeness (QED) is 0.814. The second kappa shape index (κ2) is 5.71. The SMILES string of the molecule is Cc1cc(C(=O)N(C)CCC(C)C)ccc1N. The van der Waals surface area contributed by atoms with Crippen molar-refractivity contribution in [1.82, 2.24) is 4.90 Å². The molecule has 0 aliphatic carbocycles. The van der Waals surface area contributed by atoms with Crippen molar-refractivity contribution >= 4 is 11.6 Å². The fourth-order valence-corrected chi connectivity index (χ4v) is 1.58. The number of hydrogen-bond acceptors (Lipinski definition) is 2. The fraction of sp³-hybridized carbons (Fsp3) is 0.500. The number of hydrogen-bond donors (Lipinski definition) is 1.